The number of hydrogen-bond donors (Lipinski definition) is 0. The Morgan fingerprint density at radius 2 is 1.25 bits per heavy atom. The molecule has 154 valence electrons. The maximum Gasteiger partial charge on any atom is 0.342 e. The maximum atomic E-state index is 12.8. The standard InChI is InChI=1S/C25H36O3/c1-7-11-17-18(12-8-2)20(14-10-4)23-21(19(17)13-9-3)15-16-22(27-5)24(23)25(26)28-6/h15-16H,7-14H2,1-6H3. The minimum Gasteiger partial charge on any atom is -0.496 e. The van der Waals surface area contributed by atoms with Crippen LogP contribution >= 0.6 is 0 Å². The Morgan fingerprint density at radius 3 is 1.75 bits per heavy atom. The highest BCUT2D eigenvalue weighted by Gasteiger charge is 2.25. The maximum absolute atomic E-state index is 12.8. The number of carbonyl (C=O) groups excluding carboxylic acids is 1. The molecule has 0 aromatic heterocycles. The summed E-state index contributed by atoms with van der Waals surface area (Å²) in [6.07, 6.45) is 8.50. The van der Waals surface area contributed by atoms with Gasteiger partial charge in [0, 0.05) is 5.39 Å². The van der Waals surface area contributed by atoms with Crippen molar-refractivity contribution in [2.75, 3.05) is 14.2 Å². The summed E-state index contributed by atoms with van der Waals surface area (Å²) in [6, 6.07) is 4.08. The fraction of sp³-hybridized carbons (Fsp3) is 0.560. The van der Waals surface area contributed by atoms with E-state index >= 15 is 0 Å². The number of fused-ring (bicyclic) bond motifs is 1. The number of aryl methyl sites for hydroxylation is 2. The number of carbonyl (C=O) groups is 1. The number of ether oxygens (including phenoxy) is 2. The summed E-state index contributed by atoms with van der Waals surface area (Å²) in [4.78, 5) is 12.8. The predicted octanol–water partition coefficient (Wildman–Crippen LogP) is 6.45. The zero-order valence-corrected chi connectivity index (χ0v) is 18.5. The molecule has 0 bridgehead atoms. The van der Waals surface area contributed by atoms with Gasteiger partial charge >= 0.3 is 5.97 Å². The molecule has 3 heteroatoms. The molecule has 0 spiro atoms. The topological polar surface area (TPSA) is 35.5 Å². The lowest BCUT2D eigenvalue weighted by atomic mass is 9.81. The van der Waals surface area contributed by atoms with Gasteiger partial charge in [-0.05, 0) is 59.4 Å². The van der Waals surface area contributed by atoms with Crippen LogP contribution in [-0.2, 0) is 30.4 Å². The van der Waals surface area contributed by atoms with Crippen molar-refractivity contribution < 1.29 is 14.3 Å². The van der Waals surface area contributed by atoms with Crippen molar-refractivity contribution >= 4 is 16.7 Å². The number of esters is 1. The number of benzene rings is 2. The predicted molar refractivity (Wildman–Crippen MR) is 118 cm³/mol. The zero-order chi connectivity index (χ0) is 20.7. The molecule has 2 rings (SSSR count). The Hall–Kier alpha value is -2.03. The molecule has 0 atom stereocenters. The smallest absolute Gasteiger partial charge is 0.342 e. The highest BCUT2D eigenvalue weighted by atomic mass is 16.5. The Balaban J connectivity index is 3.09. The van der Waals surface area contributed by atoms with Gasteiger partial charge in [0.2, 0.25) is 0 Å². The van der Waals surface area contributed by atoms with E-state index in [1.165, 1.54) is 34.7 Å². The molecular formula is C25H36O3. The van der Waals surface area contributed by atoms with Crippen LogP contribution < -0.4 is 4.74 Å². The van der Waals surface area contributed by atoms with Gasteiger partial charge in [0.1, 0.15) is 11.3 Å². The molecule has 0 aliphatic rings. The first-order chi connectivity index (χ1) is 13.6. The number of hydrogen-bond acceptors (Lipinski definition) is 3. The van der Waals surface area contributed by atoms with Gasteiger partial charge in [0.15, 0.2) is 0 Å². The quantitative estimate of drug-likeness (QED) is 0.442. The second kappa shape index (κ2) is 10.5. The van der Waals surface area contributed by atoms with Gasteiger partial charge in [-0.3, -0.25) is 0 Å². The van der Waals surface area contributed by atoms with Crippen molar-refractivity contribution in [3.8, 4) is 5.75 Å². The van der Waals surface area contributed by atoms with E-state index in [0.29, 0.717) is 11.3 Å². The first-order valence-corrected chi connectivity index (χ1v) is 10.8. The van der Waals surface area contributed by atoms with Crippen molar-refractivity contribution in [3.63, 3.8) is 0 Å². The van der Waals surface area contributed by atoms with Gasteiger partial charge in [-0.25, -0.2) is 4.79 Å². The summed E-state index contributed by atoms with van der Waals surface area (Å²) in [5.41, 5.74) is 6.30. The van der Waals surface area contributed by atoms with E-state index in [0.717, 1.165) is 56.8 Å². The lowest BCUT2D eigenvalue weighted by Crippen LogP contribution is -2.12. The van der Waals surface area contributed by atoms with Crippen molar-refractivity contribution in [1.82, 2.24) is 0 Å². The van der Waals surface area contributed by atoms with Crippen molar-refractivity contribution in [2.45, 2.75) is 79.1 Å². The highest BCUT2D eigenvalue weighted by Crippen LogP contribution is 2.39. The summed E-state index contributed by atoms with van der Waals surface area (Å²) in [7, 11) is 3.07. The van der Waals surface area contributed by atoms with Crippen LogP contribution in [0.3, 0.4) is 0 Å². The van der Waals surface area contributed by atoms with E-state index in [9.17, 15) is 4.79 Å². The fourth-order valence-electron chi connectivity index (χ4n) is 4.47. The third-order valence-corrected chi connectivity index (χ3v) is 5.50. The van der Waals surface area contributed by atoms with Gasteiger partial charge in [0.05, 0.1) is 14.2 Å². The number of methoxy groups -OCH3 is 2. The highest BCUT2D eigenvalue weighted by molar-refractivity contribution is 6.10. The van der Waals surface area contributed by atoms with Gasteiger partial charge in [-0.1, -0.05) is 59.4 Å². The first-order valence-electron chi connectivity index (χ1n) is 10.8. The summed E-state index contributed by atoms with van der Waals surface area (Å²) in [6.45, 7) is 8.93. The normalized spacial score (nSPS) is 11.1. The van der Waals surface area contributed by atoms with E-state index in [1.807, 2.05) is 6.07 Å². The second-order valence-corrected chi connectivity index (χ2v) is 7.47. The molecule has 0 aliphatic carbocycles. The van der Waals surface area contributed by atoms with E-state index < -0.39 is 0 Å². The summed E-state index contributed by atoms with van der Waals surface area (Å²) in [5, 5.41) is 2.26. The molecule has 28 heavy (non-hydrogen) atoms. The molecule has 0 fully saturated rings. The van der Waals surface area contributed by atoms with Crippen LogP contribution in [0.4, 0.5) is 0 Å². The molecule has 3 nitrogen and oxygen atoms in total. The monoisotopic (exact) mass is 384 g/mol. The molecule has 2 aromatic carbocycles. The van der Waals surface area contributed by atoms with Crippen molar-refractivity contribution in [3.05, 3.63) is 39.9 Å². The molecule has 0 saturated carbocycles. The van der Waals surface area contributed by atoms with Crippen LogP contribution in [0, 0.1) is 0 Å². The molecule has 0 radical (unpaired) electrons. The minimum absolute atomic E-state index is 0.312. The van der Waals surface area contributed by atoms with Crippen LogP contribution in [-0.4, -0.2) is 20.2 Å². The van der Waals surface area contributed by atoms with Crippen molar-refractivity contribution in [2.24, 2.45) is 0 Å². The molecule has 0 amide bonds. The van der Waals surface area contributed by atoms with E-state index in [4.69, 9.17) is 9.47 Å². The molecule has 2 aromatic rings. The van der Waals surface area contributed by atoms with Crippen LogP contribution in [0.25, 0.3) is 10.8 Å². The Morgan fingerprint density at radius 1 is 0.750 bits per heavy atom. The first kappa shape index (κ1) is 22.3. The number of rotatable bonds is 10. The van der Waals surface area contributed by atoms with Crippen LogP contribution in [0.15, 0.2) is 12.1 Å². The summed E-state index contributed by atoms with van der Waals surface area (Å²) < 4.78 is 10.8. The molecule has 0 unspecified atom stereocenters. The summed E-state index contributed by atoms with van der Waals surface area (Å²) >= 11 is 0. The average molecular weight is 385 g/mol. The van der Waals surface area contributed by atoms with Gasteiger partial charge in [-0.15, -0.1) is 0 Å². The fourth-order valence-corrected chi connectivity index (χ4v) is 4.47. The molecule has 0 saturated heterocycles. The van der Waals surface area contributed by atoms with E-state index in [2.05, 4.69) is 33.8 Å². The van der Waals surface area contributed by atoms with Gasteiger partial charge in [-0.2, -0.15) is 0 Å². The van der Waals surface area contributed by atoms with E-state index in [1.54, 1.807) is 7.11 Å². The molecule has 0 N–H and O–H groups in total. The van der Waals surface area contributed by atoms with Crippen LogP contribution in [0.1, 0.15) is 86.0 Å². The Bertz CT molecular complexity index is 821. The van der Waals surface area contributed by atoms with Crippen LogP contribution in [0.2, 0.25) is 0 Å². The Labute approximate surface area is 170 Å². The van der Waals surface area contributed by atoms with Gasteiger partial charge < -0.3 is 9.47 Å². The SMILES string of the molecule is CCCc1c(CCC)c(CCC)c2c(C(=O)OC)c(OC)ccc2c1CCC. The van der Waals surface area contributed by atoms with Crippen molar-refractivity contribution in [1.29, 1.82) is 0 Å². The lowest BCUT2D eigenvalue weighted by Gasteiger charge is -2.24. The third kappa shape index (κ3) is 4.19. The minimum atomic E-state index is -0.312. The Kier molecular flexibility index (Phi) is 8.35. The molecule has 0 aliphatic heterocycles. The average Bonchev–Trinajstić information content (AvgIpc) is 2.71. The lowest BCUT2D eigenvalue weighted by molar-refractivity contribution is 0.0599. The zero-order valence-electron chi connectivity index (χ0n) is 18.5. The second-order valence-electron chi connectivity index (χ2n) is 7.47. The third-order valence-electron chi connectivity index (χ3n) is 5.50. The van der Waals surface area contributed by atoms with Gasteiger partial charge in [0.25, 0.3) is 0 Å². The van der Waals surface area contributed by atoms with Crippen LogP contribution in [0.5, 0.6) is 5.75 Å². The molecule has 0 heterocycles. The largest absolute Gasteiger partial charge is 0.496 e. The molecular weight excluding hydrogens is 348 g/mol. The summed E-state index contributed by atoms with van der Waals surface area (Å²) in [5.74, 6) is 0.290. The van der Waals surface area contributed by atoms with E-state index in [-0.39, 0.29) is 5.97 Å².